The standard InChI is InChI=1S/C20H24N2O/c1-14(16-7-4-3-5-8-16)22-15(2)20(23)18-10-11-19-17(13-18)9-6-12-21-19/h3-5,7-8,10-11,13-15,21-22H,6,9,12H2,1-2H3. The quantitative estimate of drug-likeness (QED) is 0.821. The van der Waals surface area contributed by atoms with Crippen molar-refractivity contribution in [2.45, 2.75) is 38.8 Å². The first-order valence-electron chi connectivity index (χ1n) is 8.37. The SMILES string of the molecule is CC(NC(C)c1ccccc1)C(=O)c1ccc2c(c1)CCCN2. The number of carbonyl (C=O) groups excluding carboxylic acids is 1. The average molecular weight is 308 g/mol. The molecule has 2 atom stereocenters. The first-order valence-corrected chi connectivity index (χ1v) is 8.37. The molecule has 0 saturated heterocycles. The van der Waals surface area contributed by atoms with Gasteiger partial charge in [0.1, 0.15) is 0 Å². The summed E-state index contributed by atoms with van der Waals surface area (Å²) in [6.07, 6.45) is 2.18. The van der Waals surface area contributed by atoms with Crippen LogP contribution in [0.1, 0.15) is 47.8 Å². The first-order chi connectivity index (χ1) is 11.1. The molecular formula is C20H24N2O. The zero-order chi connectivity index (χ0) is 16.2. The van der Waals surface area contributed by atoms with Gasteiger partial charge in [-0.15, -0.1) is 0 Å². The van der Waals surface area contributed by atoms with Crippen LogP contribution in [0.5, 0.6) is 0 Å². The normalized spacial score (nSPS) is 16.1. The van der Waals surface area contributed by atoms with Crippen LogP contribution in [0.15, 0.2) is 48.5 Å². The summed E-state index contributed by atoms with van der Waals surface area (Å²) in [5.74, 6) is 0.154. The van der Waals surface area contributed by atoms with Crippen molar-refractivity contribution in [1.82, 2.24) is 5.32 Å². The molecule has 1 aliphatic rings. The number of Topliss-reactive ketones (excluding diaryl/α,β-unsaturated/α-hetero) is 1. The van der Waals surface area contributed by atoms with Gasteiger partial charge in [0, 0.05) is 23.8 Å². The summed E-state index contributed by atoms with van der Waals surface area (Å²) < 4.78 is 0. The topological polar surface area (TPSA) is 41.1 Å². The third kappa shape index (κ3) is 3.62. The number of nitrogens with one attached hydrogen (secondary N) is 2. The van der Waals surface area contributed by atoms with E-state index in [0.717, 1.165) is 24.9 Å². The van der Waals surface area contributed by atoms with Crippen molar-refractivity contribution in [3.63, 3.8) is 0 Å². The summed E-state index contributed by atoms with van der Waals surface area (Å²) in [7, 11) is 0. The fourth-order valence-corrected chi connectivity index (χ4v) is 3.17. The number of ketones is 1. The fourth-order valence-electron chi connectivity index (χ4n) is 3.17. The molecular weight excluding hydrogens is 284 g/mol. The molecule has 1 heterocycles. The minimum Gasteiger partial charge on any atom is -0.385 e. The largest absolute Gasteiger partial charge is 0.385 e. The van der Waals surface area contributed by atoms with Crippen LogP contribution in [0.2, 0.25) is 0 Å². The van der Waals surface area contributed by atoms with Crippen LogP contribution in [0, 0.1) is 0 Å². The fraction of sp³-hybridized carbons (Fsp3) is 0.350. The summed E-state index contributed by atoms with van der Waals surface area (Å²) in [6, 6.07) is 16.2. The second-order valence-electron chi connectivity index (χ2n) is 6.29. The van der Waals surface area contributed by atoms with Crippen LogP contribution in [-0.2, 0) is 6.42 Å². The van der Waals surface area contributed by atoms with Gasteiger partial charge < -0.3 is 10.6 Å². The highest BCUT2D eigenvalue weighted by Crippen LogP contribution is 2.23. The minimum absolute atomic E-state index is 0.148. The lowest BCUT2D eigenvalue weighted by Crippen LogP contribution is -2.36. The number of carbonyl (C=O) groups is 1. The van der Waals surface area contributed by atoms with E-state index >= 15 is 0 Å². The van der Waals surface area contributed by atoms with Gasteiger partial charge in [-0.2, -0.15) is 0 Å². The van der Waals surface area contributed by atoms with Crippen molar-refractivity contribution in [3.8, 4) is 0 Å². The smallest absolute Gasteiger partial charge is 0.179 e. The maximum Gasteiger partial charge on any atom is 0.179 e. The molecule has 3 heteroatoms. The second kappa shape index (κ2) is 6.97. The lowest BCUT2D eigenvalue weighted by Gasteiger charge is -2.21. The zero-order valence-electron chi connectivity index (χ0n) is 13.8. The van der Waals surface area contributed by atoms with Crippen LogP contribution in [0.4, 0.5) is 5.69 Å². The molecule has 23 heavy (non-hydrogen) atoms. The van der Waals surface area contributed by atoms with Gasteiger partial charge in [0.15, 0.2) is 5.78 Å². The minimum atomic E-state index is -0.209. The Morgan fingerprint density at radius 1 is 1.13 bits per heavy atom. The van der Waals surface area contributed by atoms with E-state index < -0.39 is 0 Å². The Balaban J connectivity index is 1.70. The summed E-state index contributed by atoms with van der Waals surface area (Å²) in [5, 5.41) is 6.79. The number of benzene rings is 2. The van der Waals surface area contributed by atoms with Gasteiger partial charge in [-0.25, -0.2) is 0 Å². The Bertz CT molecular complexity index is 681. The van der Waals surface area contributed by atoms with Crippen molar-refractivity contribution >= 4 is 11.5 Å². The van der Waals surface area contributed by atoms with Gasteiger partial charge in [0.25, 0.3) is 0 Å². The van der Waals surface area contributed by atoms with Crippen LogP contribution in [0.3, 0.4) is 0 Å². The predicted molar refractivity (Wildman–Crippen MR) is 95.0 cm³/mol. The molecule has 0 aliphatic carbocycles. The van der Waals surface area contributed by atoms with Crippen LogP contribution < -0.4 is 10.6 Å². The number of hydrogen-bond donors (Lipinski definition) is 2. The molecule has 2 N–H and O–H groups in total. The molecule has 2 aromatic rings. The van der Waals surface area contributed by atoms with Crippen LogP contribution in [-0.4, -0.2) is 18.4 Å². The van der Waals surface area contributed by atoms with Crippen molar-refractivity contribution in [2.75, 3.05) is 11.9 Å². The molecule has 2 aromatic carbocycles. The third-order valence-corrected chi connectivity index (χ3v) is 4.52. The molecule has 0 spiro atoms. The van der Waals surface area contributed by atoms with E-state index in [0.29, 0.717) is 0 Å². The van der Waals surface area contributed by atoms with E-state index in [-0.39, 0.29) is 17.9 Å². The number of hydrogen-bond acceptors (Lipinski definition) is 3. The third-order valence-electron chi connectivity index (χ3n) is 4.52. The maximum absolute atomic E-state index is 12.7. The molecule has 0 amide bonds. The molecule has 0 radical (unpaired) electrons. The van der Waals surface area contributed by atoms with E-state index in [9.17, 15) is 4.79 Å². The second-order valence-corrected chi connectivity index (χ2v) is 6.29. The molecule has 0 aromatic heterocycles. The summed E-state index contributed by atoms with van der Waals surface area (Å²) in [5.41, 5.74) is 4.42. The lowest BCUT2D eigenvalue weighted by molar-refractivity contribution is 0.0945. The van der Waals surface area contributed by atoms with Gasteiger partial charge in [-0.1, -0.05) is 30.3 Å². The highest BCUT2D eigenvalue weighted by molar-refractivity contribution is 6.00. The first kappa shape index (κ1) is 15.8. The van der Waals surface area contributed by atoms with Gasteiger partial charge in [-0.05, 0) is 56.0 Å². The predicted octanol–water partition coefficient (Wildman–Crippen LogP) is 3.97. The van der Waals surface area contributed by atoms with Crippen molar-refractivity contribution in [1.29, 1.82) is 0 Å². The summed E-state index contributed by atoms with van der Waals surface area (Å²) in [4.78, 5) is 12.7. The van der Waals surface area contributed by atoms with Gasteiger partial charge >= 0.3 is 0 Å². The average Bonchev–Trinajstić information content (AvgIpc) is 2.61. The Hall–Kier alpha value is -2.13. The lowest BCUT2D eigenvalue weighted by atomic mass is 9.96. The van der Waals surface area contributed by atoms with Crippen LogP contribution >= 0.6 is 0 Å². The molecule has 3 nitrogen and oxygen atoms in total. The molecule has 1 aliphatic heterocycles. The molecule has 3 rings (SSSR count). The van der Waals surface area contributed by atoms with Gasteiger partial charge in [0.2, 0.25) is 0 Å². The molecule has 2 unspecified atom stereocenters. The maximum atomic E-state index is 12.7. The van der Waals surface area contributed by atoms with E-state index in [1.54, 1.807) is 0 Å². The van der Waals surface area contributed by atoms with Gasteiger partial charge in [0.05, 0.1) is 6.04 Å². The summed E-state index contributed by atoms with van der Waals surface area (Å²) in [6.45, 7) is 5.06. The number of aryl methyl sites for hydroxylation is 1. The zero-order valence-corrected chi connectivity index (χ0v) is 13.8. The number of rotatable bonds is 5. The van der Waals surface area contributed by atoms with Crippen molar-refractivity contribution in [2.24, 2.45) is 0 Å². The van der Waals surface area contributed by atoms with E-state index in [2.05, 4.69) is 35.8 Å². The Labute approximate surface area is 138 Å². The molecule has 120 valence electrons. The molecule has 0 saturated carbocycles. The highest BCUT2D eigenvalue weighted by Gasteiger charge is 2.19. The Kier molecular flexibility index (Phi) is 4.77. The van der Waals surface area contributed by atoms with E-state index in [1.165, 1.54) is 16.8 Å². The monoisotopic (exact) mass is 308 g/mol. The van der Waals surface area contributed by atoms with Crippen LogP contribution in [0.25, 0.3) is 0 Å². The molecule has 0 fully saturated rings. The van der Waals surface area contributed by atoms with Crippen molar-refractivity contribution < 1.29 is 4.79 Å². The van der Waals surface area contributed by atoms with Crippen molar-refractivity contribution in [3.05, 3.63) is 65.2 Å². The van der Waals surface area contributed by atoms with E-state index in [4.69, 9.17) is 0 Å². The highest BCUT2D eigenvalue weighted by atomic mass is 16.1. The number of anilines is 1. The molecule has 0 bridgehead atoms. The van der Waals surface area contributed by atoms with E-state index in [1.807, 2.05) is 37.3 Å². The Morgan fingerprint density at radius 2 is 1.91 bits per heavy atom. The Morgan fingerprint density at radius 3 is 2.70 bits per heavy atom. The van der Waals surface area contributed by atoms with Gasteiger partial charge in [-0.3, -0.25) is 4.79 Å². The summed E-state index contributed by atoms with van der Waals surface area (Å²) >= 11 is 0. The number of fused-ring (bicyclic) bond motifs is 1.